The molecule has 0 saturated carbocycles. The van der Waals surface area contributed by atoms with E-state index in [9.17, 15) is 4.79 Å². The van der Waals surface area contributed by atoms with Crippen LogP contribution in [0.1, 0.15) is 32.6 Å². The molecule has 18 heavy (non-hydrogen) atoms. The van der Waals surface area contributed by atoms with Crippen LogP contribution in [0, 0.1) is 0 Å². The van der Waals surface area contributed by atoms with Gasteiger partial charge < -0.3 is 20.7 Å². The first kappa shape index (κ1) is 15.4. The van der Waals surface area contributed by atoms with Crippen LogP contribution < -0.4 is 11.1 Å². The SMILES string of the molecule is CCCN1CCC(NC(=O)CC(CN)OC)CC1. The van der Waals surface area contributed by atoms with Gasteiger partial charge >= 0.3 is 0 Å². The predicted octanol–water partition coefficient (Wildman–Crippen LogP) is 0.341. The molecule has 1 amide bonds. The Morgan fingerprint density at radius 2 is 2.17 bits per heavy atom. The Bertz CT molecular complexity index is 236. The molecule has 0 radical (unpaired) electrons. The van der Waals surface area contributed by atoms with Crippen LogP contribution in [0.2, 0.25) is 0 Å². The molecule has 0 aliphatic carbocycles. The quantitative estimate of drug-likeness (QED) is 0.690. The minimum absolute atomic E-state index is 0.0567. The molecule has 0 aromatic carbocycles. The van der Waals surface area contributed by atoms with Gasteiger partial charge in [-0.25, -0.2) is 0 Å². The maximum atomic E-state index is 11.8. The standard InChI is InChI=1S/C13H27N3O2/c1-3-6-16-7-4-11(5-8-16)15-13(17)9-12(10-14)18-2/h11-12H,3-10,14H2,1-2H3,(H,15,17). The van der Waals surface area contributed by atoms with Crippen LogP contribution >= 0.6 is 0 Å². The lowest BCUT2D eigenvalue weighted by Gasteiger charge is -2.32. The summed E-state index contributed by atoms with van der Waals surface area (Å²) in [6, 6.07) is 0.320. The molecule has 1 unspecified atom stereocenters. The number of carbonyl (C=O) groups is 1. The summed E-state index contributed by atoms with van der Waals surface area (Å²) in [7, 11) is 1.59. The fourth-order valence-corrected chi connectivity index (χ4v) is 2.37. The highest BCUT2D eigenvalue weighted by atomic mass is 16.5. The second-order valence-electron chi connectivity index (χ2n) is 4.98. The van der Waals surface area contributed by atoms with Crippen molar-refractivity contribution in [3.63, 3.8) is 0 Å². The van der Waals surface area contributed by atoms with E-state index in [1.807, 2.05) is 0 Å². The number of methoxy groups -OCH3 is 1. The third-order valence-electron chi connectivity index (χ3n) is 3.50. The number of rotatable bonds is 7. The summed E-state index contributed by atoms with van der Waals surface area (Å²) in [5.74, 6) is 0.0567. The van der Waals surface area contributed by atoms with Crippen LogP contribution in [0.4, 0.5) is 0 Å². The summed E-state index contributed by atoms with van der Waals surface area (Å²) in [5.41, 5.74) is 5.50. The third kappa shape index (κ3) is 5.33. The molecule has 0 bridgehead atoms. The monoisotopic (exact) mass is 257 g/mol. The van der Waals surface area contributed by atoms with Gasteiger partial charge in [0.1, 0.15) is 0 Å². The molecule has 5 heteroatoms. The molecule has 1 aliphatic heterocycles. The van der Waals surface area contributed by atoms with Gasteiger partial charge in [0.2, 0.25) is 5.91 Å². The van der Waals surface area contributed by atoms with Gasteiger partial charge in [0.25, 0.3) is 0 Å². The van der Waals surface area contributed by atoms with Crippen LogP contribution in [0.5, 0.6) is 0 Å². The first-order chi connectivity index (χ1) is 8.69. The number of piperidine rings is 1. The van der Waals surface area contributed by atoms with Crippen molar-refractivity contribution in [3.05, 3.63) is 0 Å². The molecule has 1 fully saturated rings. The number of hydrogen-bond acceptors (Lipinski definition) is 4. The van der Waals surface area contributed by atoms with E-state index in [1.165, 1.54) is 13.0 Å². The minimum Gasteiger partial charge on any atom is -0.380 e. The third-order valence-corrected chi connectivity index (χ3v) is 3.50. The van der Waals surface area contributed by atoms with Gasteiger partial charge in [-0.3, -0.25) is 4.79 Å². The van der Waals surface area contributed by atoms with Gasteiger partial charge in [0, 0.05) is 32.8 Å². The van der Waals surface area contributed by atoms with Crippen molar-refractivity contribution in [1.82, 2.24) is 10.2 Å². The molecule has 0 aromatic rings. The first-order valence-electron chi connectivity index (χ1n) is 6.94. The largest absolute Gasteiger partial charge is 0.380 e. The van der Waals surface area contributed by atoms with Crippen LogP contribution in [-0.4, -0.2) is 56.2 Å². The van der Waals surface area contributed by atoms with E-state index in [0.29, 0.717) is 19.0 Å². The molecular formula is C13H27N3O2. The zero-order valence-corrected chi connectivity index (χ0v) is 11.7. The molecule has 3 N–H and O–H groups in total. The number of likely N-dealkylation sites (tertiary alicyclic amines) is 1. The zero-order valence-electron chi connectivity index (χ0n) is 11.7. The predicted molar refractivity (Wildman–Crippen MR) is 72.4 cm³/mol. The summed E-state index contributed by atoms with van der Waals surface area (Å²) in [6.45, 7) is 5.93. The summed E-state index contributed by atoms with van der Waals surface area (Å²) in [6.07, 6.45) is 3.49. The highest BCUT2D eigenvalue weighted by Crippen LogP contribution is 2.11. The van der Waals surface area contributed by atoms with E-state index in [0.717, 1.165) is 25.9 Å². The molecule has 0 aromatic heterocycles. The van der Waals surface area contributed by atoms with Crippen LogP contribution in [-0.2, 0) is 9.53 Å². The van der Waals surface area contributed by atoms with Crippen LogP contribution in [0.25, 0.3) is 0 Å². The normalized spacial score (nSPS) is 19.7. The van der Waals surface area contributed by atoms with Gasteiger partial charge in [-0.1, -0.05) is 6.92 Å². The van der Waals surface area contributed by atoms with Crippen molar-refractivity contribution >= 4 is 5.91 Å². The number of nitrogens with two attached hydrogens (primary N) is 1. The van der Waals surface area contributed by atoms with E-state index >= 15 is 0 Å². The van der Waals surface area contributed by atoms with Crippen LogP contribution in [0.15, 0.2) is 0 Å². The topological polar surface area (TPSA) is 67.6 Å². The minimum atomic E-state index is -0.162. The summed E-state index contributed by atoms with van der Waals surface area (Å²) >= 11 is 0. The number of ether oxygens (including phenoxy) is 1. The number of amides is 1. The molecule has 0 spiro atoms. The number of nitrogens with one attached hydrogen (secondary N) is 1. The fraction of sp³-hybridized carbons (Fsp3) is 0.923. The molecule has 5 nitrogen and oxygen atoms in total. The smallest absolute Gasteiger partial charge is 0.222 e. The lowest BCUT2D eigenvalue weighted by molar-refractivity contribution is -0.124. The van der Waals surface area contributed by atoms with Gasteiger partial charge in [0.05, 0.1) is 12.5 Å². The van der Waals surface area contributed by atoms with Crippen LogP contribution in [0.3, 0.4) is 0 Å². The molecule has 1 atom stereocenters. The van der Waals surface area contributed by atoms with E-state index in [1.54, 1.807) is 7.11 Å². The Morgan fingerprint density at radius 1 is 1.50 bits per heavy atom. The highest BCUT2D eigenvalue weighted by molar-refractivity contribution is 5.76. The Kier molecular flexibility index (Phi) is 7.23. The second-order valence-corrected chi connectivity index (χ2v) is 4.98. The van der Waals surface area contributed by atoms with Crippen molar-refractivity contribution in [2.75, 3.05) is 33.3 Å². The van der Waals surface area contributed by atoms with Gasteiger partial charge in [0.15, 0.2) is 0 Å². The van der Waals surface area contributed by atoms with E-state index in [-0.39, 0.29) is 12.0 Å². The molecule has 1 heterocycles. The maximum Gasteiger partial charge on any atom is 0.222 e. The number of carbonyl (C=O) groups excluding carboxylic acids is 1. The van der Waals surface area contributed by atoms with Gasteiger partial charge in [-0.2, -0.15) is 0 Å². The Balaban J connectivity index is 2.21. The fourth-order valence-electron chi connectivity index (χ4n) is 2.37. The summed E-state index contributed by atoms with van der Waals surface area (Å²) < 4.78 is 5.11. The molecule has 1 rings (SSSR count). The molecule has 1 saturated heterocycles. The summed E-state index contributed by atoms with van der Waals surface area (Å²) in [4.78, 5) is 14.2. The highest BCUT2D eigenvalue weighted by Gasteiger charge is 2.21. The van der Waals surface area contributed by atoms with Gasteiger partial charge in [-0.15, -0.1) is 0 Å². The molecule has 1 aliphatic rings. The number of hydrogen-bond donors (Lipinski definition) is 2. The van der Waals surface area contributed by atoms with E-state index < -0.39 is 0 Å². The van der Waals surface area contributed by atoms with Crippen molar-refractivity contribution in [3.8, 4) is 0 Å². The van der Waals surface area contributed by atoms with E-state index in [2.05, 4.69) is 17.1 Å². The lowest BCUT2D eigenvalue weighted by atomic mass is 10.0. The first-order valence-corrected chi connectivity index (χ1v) is 6.94. The van der Waals surface area contributed by atoms with Crippen molar-refractivity contribution in [2.24, 2.45) is 5.73 Å². The Hall–Kier alpha value is -0.650. The van der Waals surface area contributed by atoms with Gasteiger partial charge in [-0.05, 0) is 25.8 Å². The average Bonchev–Trinajstić information content (AvgIpc) is 2.38. The molecular weight excluding hydrogens is 230 g/mol. The second kappa shape index (κ2) is 8.45. The van der Waals surface area contributed by atoms with Crippen molar-refractivity contribution in [1.29, 1.82) is 0 Å². The van der Waals surface area contributed by atoms with E-state index in [4.69, 9.17) is 10.5 Å². The van der Waals surface area contributed by atoms with Crippen molar-refractivity contribution < 1.29 is 9.53 Å². The average molecular weight is 257 g/mol. The Morgan fingerprint density at radius 3 is 2.67 bits per heavy atom. The lowest BCUT2D eigenvalue weighted by Crippen LogP contribution is -2.45. The van der Waals surface area contributed by atoms with Crippen molar-refractivity contribution in [2.45, 2.75) is 44.8 Å². The Labute approximate surface area is 110 Å². The maximum absolute atomic E-state index is 11.8. The summed E-state index contributed by atoms with van der Waals surface area (Å²) in [5, 5.41) is 3.08. The number of nitrogens with zero attached hydrogens (tertiary/aromatic N) is 1. The molecule has 106 valence electrons. The zero-order chi connectivity index (χ0) is 13.4.